The van der Waals surface area contributed by atoms with E-state index in [0.717, 1.165) is 5.56 Å². The monoisotopic (exact) mass is 375 g/mol. The molecule has 0 spiro atoms. The zero-order valence-electron chi connectivity index (χ0n) is 15.6. The molecule has 0 aromatic heterocycles. The maximum absolute atomic E-state index is 12.7. The number of ether oxygens (including phenoxy) is 2. The highest BCUT2D eigenvalue weighted by Gasteiger charge is 2.15. The molecule has 0 aliphatic heterocycles. The smallest absolute Gasteiger partial charge is 0.340 e. The van der Waals surface area contributed by atoms with Gasteiger partial charge in [0.1, 0.15) is 12.4 Å². The van der Waals surface area contributed by atoms with Crippen molar-refractivity contribution >= 4 is 17.6 Å². The summed E-state index contributed by atoms with van der Waals surface area (Å²) in [7, 11) is 0. The largest absolute Gasteiger partial charge is 0.489 e. The van der Waals surface area contributed by atoms with Gasteiger partial charge in [0.05, 0.1) is 17.9 Å². The molecule has 142 valence electrons. The van der Waals surface area contributed by atoms with E-state index in [4.69, 9.17) is 9.47 Å². The SMILES string of the molecule is CCOC(=O)c1ccccc1NC(=O)c1cccc(OCc2ccccc2)c1. The summed E-state index contributed by atoms with van der Waals surface area (Å²) in [5.41, 5.74) is 2.20. The Morgan fingerprint density at radius 3 is 2.43 bits per heavy atom. The van der Waals surface area contributed by atoms with Gasteiger partial charge in [-0.15, -0.1) is 0 Å². The molecule has 0 fully saturated rings. The molecule has 5 nitrogen and oxygen atoms in total. The highest BCUT2D eigenvalue weighted by molar-refractivity contribution is 6.08. The third kappa shape index (κ3) is 4.98. The second-order valence-electron chi connectivity index (χ2n) is 6.02. The number of hydrogen-bond donors (Lipinski definition) is 1. The maximum Gasteiger partial charge on any atom is 0.340 e. The summed E-state index contributed by atoms with van der Waals surface area (Å²) < 4.78 is 10.8. The van der Waals surface area contributed by atoms with Gasteiger partial charge in [-0.2, -0.15) is 0 Å². The van der Waals surface area contributed by atoms with Gasteiger partial charge in [0, 0.05) is 5.56 Å². The Morgan fingerprint density at radius 2 is 1.64 bits per heavy atom. The van der Waals surface area contributed by atoms with E-state index in [1.165, 1.54) is 0 Å². The zero-order chi connectivity index (χ0) is 19.8. The van der Waals surface area contributed by atoms with Crippen LogP contribution < -0.4 is 10.1 Å². The van der Waals surface area contributed by atoms with E-state index in [2.05, 4.69) is 5.32 Å². The van der Waals surface area contributed by atoms with Gasteiger partial charge in [-0.3, -0.25) is 4.79 Å². The number of para-hydroxylation sites is 1. The van der Waals surface area contributed by atoms with Gasteiger partial charge in [0.15, 0.2) is 0 Å². The molecular weight excluding hydrogens is 354 g/mol. The number of carbonyl (C=O) groups is 2. The molecule has 0 saturated carbocycles. The Labute approximate surface area is 163 Å². The highest BCUT2D eigenvalue weighted by Crippen LogP contribution is 2.20. The molecule has 3 aromatic carbocycles. The molecule has 0 heterocycles. The van der Waals surface area contributed by atoms with Crippen molar-refractivity contribution in [1.82, 2.24) is 0 Å². The lowest BCUT2D eigenvalue weighted by atomic mass is 10.1. The van der Waals surface area contributed by atoms with E-state index in [1.54, 1.807) is 55.5 Å². The van der Waals surface area contributed by atoms with Crippen LogP contribution in [0, 0.1) is 0 Å². The van der Waals surface area contributed by atoms with Gasteiger partial charge in [-0.1, -0.05) is 48.5 Å². The van der Waals surface area contributed by atoms with Crippen LogP contribution in [0.4, 0.5) is 5.69 Å². The summed E-state index contributed by atoms with van der Waals surface area (Å²) in [5.74, 6) is -0.213. The average molecular weight is 375 g/mol. The van der Waals surface area contributed by atoms with Crippen LogP contribution in [0.3, 0.4) is 0 Å². The number of benzene rings is 3. The van der Waals surface area contributed by atoms with Crippen molar-refractivity contribution in [2.75, 3.05) is 11.9 Å². The molecule has 1 amide bonds. The highest BCUT2D eigenvalue weighted by atomic mass is 16.5. The summed E-state index contributed by atoms with van der Waals surface area (Å²) in [6.45, 7) is 2.42. The van der Waals surface area contributed by atoms with Gasteiger partial charge in [0.25, 0.3) is 5.91 Å². The van der Waals surface area contributed by atoms with Gasteiger partial charge in [0.2, 0.25) is 0 Å². The molecule has 0 bridgehead atoms. The molecule has 0 unspecified atom stereocenters. The molecule has 28 heavy (non-hydrogen) atoms. The van der Waals surface area contributed by atoms with Crippen LogP contribution in [0.5, 0.6) is 5.75 Å². The first-order valence-electron chi connectivity index (χ1n) is 9.01. The number of carbonyl (C=O) groups excluding carboxylic acids is 2. The number of hydrogen-bond acceptors (Lipinski definition) is 4. The van der Waals surface area contributed by atoms with Crippen molar-refractivity contribution in [3.63, 3.8) is 0 Å². The standard InChI is InChI=1S/C23H21NO4/c1-2-27-23(26)20-13-6-7-14-21(20)24-22(25)18-11-8-12-19(15-18)28-16-17-9-4-3-5-10-17/h3-15H,2,16H2,1H3,(H,24,25). The van der Waals surface area contributed by atoms with Crippen LogP contribution >= 0.6 is 0 Å². The van der Waals surface area contributed by atoms with Crippen molar-refractivity contribution < 1.29 is 19.1 Å². The zero-order valence-corrected chi connectivity index (χ0v) is 15.6. The molecule has 0 aliphatic rings. The quantitative estimate of drug-likeness (QED) is 0.608. The number of anilines is 1. The van der Waals surface area contributed by atoms with Crippen molar-refractivity contribution in [2.45, 2.75) is 13.5 Å². The van der Waals surface area contributed by atoms with Gasteiger partial charge in [-0.25, -0.2) is 4.79 Å². The maximum atomic E-state index is 12.7. The first-order chi connectivity index (χ1) is 13.7. The summed E-state index contributed by atoms with van der Waals surface area (Å²) in [5, 5.41) is 2.77. The number of esters is 1. The molecular formula is C23H21NO4. The van der Waals surface area contributed by atoms with E-state index in [-0.39, 0.29) is 12.5 Å². The molecule has 0 radical (unpaired) electrons. The number of nitrogens with one attached hydrogen (secondary N) is 1. The van der Waals surface area contributed by atoms with Gasteiger partial charge in [-0.05, 0) is 42.8 Å². The molecule has 1 N–H and O–H groups in total. The van der Waals surface area contributed by atoms with E-state index >= 15 is 0 Å². The fourth-order valence-electron chi connectivity index (χ4n) is 2.64. The van der Waals surface area contributed by atoms with Crippen LogP contribution in [0.1, 0.15) is 33.2 Å². The second-order valence-corrected chi connectivity index (χ2v) is 6.02. The van der Waals surface area contributed by atoms with Crippen LogP contribution in [0.15, 0.2) is 78.9 Å². The average Bonchev–Trinajstić information content (AvgIpc) is 2.74. The van der Waals surface area contributed by atoms with E-state index in [0.29, 0.717) is 29.2 Å². The minimum Gasteiger partial charge on any atom is -0.489 e. The molecule has 3 aromatic rings. The summed E-state index contributed by atoms with van der Waals surface area (Å²) >= 11 is 0. The van der Waals surface area contributed by atoms with Crippen LogP contribution in [-0.2, 0) is 11.3 Å². The summed E-state index contributed by atoms with van der Waals surface area (Å²) in [4.78, 5) is 24.7. The molecule has 3 rings (SSSR count). The van der Waals surface area contributed by atoms with Crippen molar-refractivity contribution in [1.29, 1.82) is 0 Å². The topological polar surface area (TPSA) is 64.6 Å². The molecule has 5 heteroatoms. The first kappa shape index (κ1) is 19.2. The number of rotatable bonds is 7. The Bertz CT molecular complexity index is 954. The molecule has 0 atom stereocenters. The fraction of sp³-hybridized carbons (Fsp3) is 0.130. The summed E-state index contributed by atoms with van der Waals surface area (Å²) in [6.07, 6.45) is 0. The predicted molar refractivity (Wildman–Crippen MR) is 108 cm³/mol. The van der Waals surface area contributed by atoms with Crippen molar-refractivity contribution in [2.24, 2.45) is 0 Å². The van der Waals surface area contributed by atoms with Crippen molar-refractivity contribution in [3.8, 4) is 5.75 Å². The Hall–Kier alpha value is -3.60. The van der Waals surface area contributed by atoms with Crippen molar-refractivity contribution in [3.05, 3.63) is 95.6 Å². The minimum absolute atomic E-state index is 0.266. The normalized spacial score (nSPS) is 10.2. The minimum atomic E-state index is -0.474. The van der Waals surface area contributed by atoms with E-state index in [9.17, 15) is 9.59 Å². The molecule has 0 aliphatic carbocycles. The Kier molecular flexibility index (Phi) is 6.41. The predicted octanol–water partition coefficient (Wildman–Crippen LogP) is 4.69. The third-order valence-electron chi connectivity index (χ3n) is 4.02. The lowest BCUT2D eigenvalue weighted by molar-refractivity contribution is 0.0527. The third-order valence-corrected chi connectivity index (χ3v) is 4.02. The van der Waals surface area contributed by atoms with Gasteiger partial charge >= 0.3 is 5.97 Å². The fourth-order valence-corrected chi connectivity index (χ4v) is 2.64. The van der Waals surface area contributed by atoms with Crippen LogP contribution in [-0.4, -0.2) is 18.5 Å². The summed E-state index contributed by atoms with van der Waals surface area (Å²) in [6, 6.07) is 23.5. The lowest BCUT2D eigenvalue weighted by Gasteiger charge is -2.11. The second kappa shape index (κ2) is 9.37. The Balaban J connectivity index is 1.71. The van der Waals surface area contributed by atoms with E-state index < -0.39 is 5.97 Å². The van der Waals surface area contributed by atoms with Crippen LogP contribution in [0.25, 0.3) is 0 Å². The van der Waals surface area contributed by atoms with E-state index in [1.807, 2.05) is 30.3 Å². The lowest BCUT2D eigenvalue weighted by Crippen LogP contribution is -2.16. The Morgan fingerprint density at radius 1 is 0.893 bits per heavy atom. The number of amides is 1. The molecule has 0 saturated heterocycles. The van der Waals surface area contributed by atoms with Gasteiger partial charge < -0.3 is 14.8 Å². The first-order valence-corrected chi connectivity index (χ1v) is 9.01. The van der Waals surface area contributed by atoms with Crippen LogP contribution in [0.2, 0.25) is 0 Å².